The molecule has 0 aliphatic heterocycles. The first-order chi connectivity index (χ1) is 6.46. The van der Waals surface area contributed by atoms with E-state index in [1.165, 1.54) is 0 Å². The summed E-state index contributed by atoms with van der Waals surface area (Å²) >= 11 is 0. The Labute approximate surface area is 94.6 Å². The molecule has 15 heavy (non-hydrogen) atoms. The van der Waals surface area contributed by atoms with Gasteiger partial charge in [-0.05, 0) is 54.5 Å². The summed E-state index contributed by atoms with van der Waals surface area (Å²) < 4.78 is 22.9. The Kier molecular flexibility index (Phi) is 4.80. The lowest BCUT2D eigenvalue weighted by Crippen LogP contribution is -2.38. The van der Waals surface area contributed by atoms with Crippen molar-refractivity contribution in [1.82, 2.24) is 5.32 Å². The van der Waals surface area contributed by atoms with E-state index < -0.39 is 14.6 Å². The van der Waals surface area contributed by atoms with Crippen molar-refractivity contribution in [2.45, 2.75) is 58.2 Å². The summed E-state index contributed by atoms with van der Waals surface area (Å²) in [5, 5.41) is 3.28. The molecular weight excluding hydrogens is 210 g/mol. The van der Waals surface area contributed by atoms with Crippen molar-refractivity contribution in [2.24, 2.45) is 0 Å². The van der Waals surface area contributed by atoms with Crippen molar-refractivity contribution < 1.29 is 8.42 Å². The molecule has 0 bridgehead atoms. The Morgan fingerprint density at radius 2 is 1.47 bits per heavy atom. The van der Waals surface area contributed by atoms with Gasteiger partial charge in [0.05, 0.1) is 10.5 Å². The van der Waals surface area contributed by atoms with Gasteiger partial charge >= 0.3 is 0 Å². The van der Waals surface area contributed by atoms with Gasteiger partial charge < -0.3 is 5.32 Å². The predicted molar refractivity (Wildman–Crippen MR) is 65.9 cm³/mol. The largest absolute Gasteiger partial charge is 0.312 e. The van der Waals surface area contributed by atoms with Crippen molar-refractivity contribution in [1.29, 1.82) is 0 Å². The molecule has 0 amide bonds. The first-order valence-corrected chi connectivity index (χ1v) is 7.08. The topological polar surface area (TPSA) is 46.2 Å². The molecular formula is C11H25NO2S. The van der Waals surface area contributed by atoms with Gasteiger partial charge in [-0.25, -0.2) is 8.42 Å². The summed E-state index contributed by atoms with van der Waals surface area (Å²) in [5.74, 6) is 0.263. The second-order valence-corrected chi connectivity index (χ2v) is 8.82. The Morgan fingerprint density at radius 1 is 1.00 bits per heavy atom. The molecule has 0 spiro atoms. The molecule has 0 aliphatic rings. The minimum atomic E-state index is -2.96. The van der Waals surface area contributed by atoms with E-state index in [2.05, 4.69) is 26.1 Å². The molecule has 0 aromatic carbocycles. The van der Waals surface area contributed by atoms with Gasteiger partial charge in [0.15, 0.2) is 9.84 Å². The van der Waals surface area contributed by atoms with Crippen LogP contribution in [0.2, 0.25) is 0 Å². The fraction of sp³-hybridized carbons (Fsp3) is 1.00. The van der Waals surface area contributed by atoms with Crippen molar-refractivity contribution in [3.63, 3.8) is 0 Å². The summed E-state index contributed by atoms with van der Waals surface area (Å²) in [6.45, 7) is 12.2. The third-order valence-electron chi connectivity index (χ3n) is 2.18. The highest BCUT2D eigenvalue weighted by Gasteiger charge is 2.28. The van der Waals surface area contributed by atoms with Crippen LogP contribution in [0.3, 0.4) is 0 Å². The van der Waals surface area contributed by atoms with Crippen LogP contribution in [0, 0.1) is 0 Å². The monoisotopic (exact) mass is 235 g/mol. The Bertz CT molecular complexity index is 281. The van der Waals surface area contributed by atoms with E-state index in [1.54, 1.807) is 20.8 Å². The summed E-state index contributed by atoms with van der Waals surface area (Å²) in [5.41, 5.74) is 0.0610. The Morgan fingerprint density at radius 3 is 1.80 bits per heavy atom. The molecule has 0 heterocycles. The van der Waals surface area contributed by atoms with Crippen molar-refractivity contribution in [3.8, 4) is 0 Å². The van der Waals surface area contributed by atoms with Gasteiger partial charge in [0.2, 0.25) is 0 Å². The highest BCUT2D eigenvalue weighted by atomic mass is 32.2. The minimum absolute atomic E-state index is 0.0610. The molecule has 92 valence electrons. The smallest absolute Gasteiger partial charge is 0.155 e. The van der Waals surface area contributed by atoms with E-state index in [-0.39, 0.29) is 11.3 Å². The van der Waals surface area contributed by atoms with Gasteiger partial charge in [0.25, 0.3) is 0 Å². The zero-order valence-electron chi connectivity index (χ0n) is 10.8. The lowest BCUT2D eigenvalue weighted by Gasteiger charge is -2.22. The third kappa shape index (κ3) is 6.15. The minimum Gasteiger partial charge on any atom is -0.312 e. The van der Waals surface area contributed by atoms with Crippen LogP contribution in [0.5, 0.6) is 0 Å². The van der Waals surface area contributed by atoms with Crippen LogP contribution in [0.4, 0.5) is 0 Å². The van der Waals surface area contributed by atoms with E-state index in [0.717, 1.165) is 6.54 Å². The average Bonchev–Trinajstić information content (AvgIpc) is 1.94. The van der Waals surface area contributed by atoms with Crippen molar-refractivity contribution in [2.75, 3.05) is 12.3 Å². The molecule has 0 aliphatic carbocycles. The summed E-state index contributed by atoms with van der Waals surface area (Å²) in [6.07, 6.45) is 0.677. The molecule has 3 nitrogen and oxygen atoms in total. The van der Waals surface area contributed by atoms with Gasteiger partial charge in [-0.15, -0.1) is 0 Å². The standard InChI is InChI=1S/C11H25NO2S/c1-10(2,3)12-8-7-9-15(13,14)11(4,5)6/h12H,7-9H2,1-6H3. The van der Waals surface area contributed by atoms with Crippen LogP contribution >= 0.6 is 0 Å². The second-order valence-electron chi connectivity index (χ2n) is 5.96. The summed E-state index contributed by atoms with van der Waals surface area (Å²) in [6, 6.07) is 0. The molecule has 0 saturated carbocycles. The molecule has 4 heteroatoms. The van der Waals surface area contributed by atoms with Gasteiger partial charge in [-0.3, -0.25) is 0 Å². The lowest BCUT2D eigenvalue weighted by atomic mass is 10.1. The van der Waals surface area contributed by atoms with Gasteiger partial charge in [0.1, 0.15) is 0 Å². The fourth-order valence-electron chi connectivity index (χ4n) is 1.03. The number of hydrogen-bond donors (Lipinski definition) is 1. The second kappa shape index (κ2) is 4.83. The molecule has 0 unspecified atom stereocenters. The van der Waals surface area contributed by atoms with Crippen LogP contribution in [0.15, 0.2) is 0 Å². The molecule has 0 saturated heterocycles. The Hall–Kier alpha value is -0.0900. The number of sulfone groups is 1. The molecule has 0 atom stereocenters. The van der Waals surface area contributed by atoms with Crippen molar-refractivity contribution in [3.05, 3.63) is 0 Å². The molecule has 0 aromatic rings. The molecule has 0 fully saturated rings. The first kappa shape index (κ1) is 14.9. The highest BCUT2D eigenvalue weighted by molar-refractivity contribution is 7.92. The van der Waals surface area contributed by atoms with Gasteiger partial charge in [-0.2, -0.15) is 0 Å². The van der Waals surface area contributed by atoms with E-state index in [0.29, 0.717) is 6.42 Å². The third-order valence-corrected chi connectivity index (χ3v) is 4.87. The summed E-state index contributed by atoms with van der Waals surface area (Å²) in [7, 11) is -2.96. The highest BCUT2D eigenvalue weighted by Crippen LogP contribution is 2.16. The average molecular weight is 235 g/mol. The van der Waals surface area contributed by atoms with Crippen LogP contribution in [0.1, 0.15) is 48.0 Å². The molecule has 0 aromatic heterocycles. The summed E-state index contributed by atoms with van der Waals surface area (Å²) in [4.78, 5) is 0. The van der Waals surface area contributed by atoms with Gasteiger partial charge in [0, 0.05) is 5.54 Å². The quantitative estimate of drug-likeness (QED) is 0.758. The Balaban J connectivity index is 3.99. The molecule has 0 radical (unpaired) electrons. The van der Waals surface area contributed by atoms with Crippen LogP contribution < -0.4 is 5.32 Å². The predicted octanol–water partition coefficient (Wildman–Crippen LogP) is 1.98. The SMILES string of the molecule is CC(C)(C)NCCCS(=O)(=O)C(C)(C)C. The maximum Gasteiger partial charge on any atom is 0.155 e. The number of hydrogen-bond acceptors (Lipinski definition) is 3. The zero-order valence-corrected chi connectivity index (χ0v) is 11.7. The van der Waals surface area contributed by atoms with E-state index in [4.69, 9.17) is 0 Å². The van der Waals surface area contributed by atoms with Crippen molar-refractivity contribution >= 4 is 9.84 Å². The normalized spacial score (nSPS) is 14.3. The lowest BCUT2D eigenvalue weighted by molar-refractivity contribution is 0.426. The van der Waals surface area contributed by atoms with E-state index in [9.17, 15) is 8.42 Å². The van der Waals surface area contributed by atoms with E-state index >= 15 is 0 Å². The van der Waals surface area contributed by atoms with Crippen LogP contribution in [-0.2, 0) is 9.84 Å². The van der Waals surface area contributed by atoms with Crippen LogP contribution in [0.25, 0.3) is 0 Å². The molecule has 1 N–H and O–H groups in total. The van der Waals surface area contributed by atoms with E-state index in [1.807, 2.05) is 0 Å². The first-order valence-electron chi connectivity index (χ1n) is 5.43. The van der Waals surface area contributed by atoms with Gasteiger partial charge in [-0.1, -0.05) is 0 Å². The maximum absolute atomic E-state index is 11.7. The fourth-order valence-corrected chi connectivity index (χ4v) is 2.17. The number of nitrogens with one attached hydrogen (secondary N) is 1. The molecule has 0 rings (SSSR count). The number of rotatable bonds is 4. The zero-order chi connectivity index (χ0) is 12.3. The van der Waals surface area contributed by atoms with Crippen LogP contribution in [-0.4, -0.2) is 31.0 Å². The maximum atomic E-state index is 11.7.